The molecule has 1 aromatic heterocycles. The minimum atomic E-state index is -0.364. The van der Waals surface area contributed by atoms with Crippen LogP contribution in [0.15, 0.2) is 30.6 Å². The monoisotopic (exact) mass is 338 g/mol. The van der Waals surface area contributed by atoms with E-state index >= 15 is 0 Å². The summed E-state index contributed by atoms with van der Waals surface area (Å²) in [6, 6.07) is 4.82. The van der Waals surface area contributed by atoms with Gasteiger partial charge in [0, 0.05) is 28.8 Å². The van der Waals surface area contributed by atoms with Crippen molar-refractivity contribution in [3.8, 4) is 0 Å². The van der Waals surface area contributed by atoms with Gasteiger partial charge in [-0.15, -0.1) is 0 Å². The van der Waals surface area contributed by atoms with Gasteiger partial charge in [0.15, 0.2) is 0 Å². The summed E-state index contributed by atoms with van der Waals surface area (Å²) in [6.45, 7) is 5.73. The van der Waals surface area contributed by atoms with Crippen molar-refractivity contribution in [2.24, 2.45) is 0 Å². The molecule has 0 atom stereocenters. The fraction of sp³-hybridized carbons (Fsp3) is 0.267. The minimum absolute atomic E-state index is 0.229. The molecule has 1 aromatic carbocycles. The van der Waals surface area contributed by atoms with Crippen LogP contribution >= 0.6 is 23.2 Å². The van der Waals surface area contributed by atoms with Crippen LogP contribution in [0, 0.1) is 0 Å². The predicted octanol–water partition coefficient (Wildman–Crippen LogP) is 3.88. The van der Waals surface area contributed by atoms with Crippen molar-refractivity contribution in [2.45, 2.75) is 13.8 Å². The van der Waals surface area contributed by atoms with E-state index in [-0.39, 0.29) is 11.6 Å². The van der Waals surface area contributed by atoms with Crippen LogP contribution in [0.4, 0.5) is 11.5 Å². The summed E-state index contributed by atoms with van der Waals surface area (Å²) in [5, 5.41) is 3.59. The molecule has 22 heavy (non-hydrogen) atoms. The molecular weight excluding hydrogens is 323 g/mol. The first-order chi connectivity index (χ1) is 10.5. The number of benzene rings is 1. The lowest BCUT2D eigenvalue weighted by atomic mass is 10.3. The average molecular weight is 339 g/mol. The number of carbonyl (C=O) groups excluding carboxylic acids is 1. The molecule has 2 rings (SSSR count). The zero-order chi connectivity index (χ0) is 16.1. The third-order valence-corrected chi connectivity index (χ3v) is 3.52. The summed E-state index contributed by atoms with van der Waals surface area (Å²) in [5.41, 5.74) is 0.740. The van der Waals surface area contributed by atoms with Gasteiger partial charge in [-0.1, -0.05) is 23.2 Å². The minimum Gasteiger partial charge on any atom is -0.356 e. The van der Waals surface area contributed by atoms with Crippen molar-refractivity contribution in [2.75, 3.05) is 23.3 Å². The Morgan fingerprint density at radius 1 is 1.09 bits per heavy atom. The molecule has 116 valence electrons. The Kier molecular flexibility index (Phi) is 5.57. The standard InChI is InChI=1S/C15H16Cl2N4O/c1-3-21(4-2)14-9-18-13(8-19-14)15(22)20-12-6-10(16)5-11(17)7-12/h5-9H,3-4H2,1-2H3,(H,20,22). The summed E-state index contributed by atoms with van der Waals surface area (Å²) in [7, 11) is 0. The third-order valence-electron chi connectivity index (χ3n) is 3.08. The van der Waals surface area contributed by atoms with Crippen LogP contribution in [0.3, 0.4) is 0 Å². The molecule has 5 nitrogen and oxygen atoms in total. The van der Waals surface area contributed by atoms with Crippen molar-refractivity contribution < 1.29 is 4.79 Å². The highest BCUT2D eigenvalue weighted by Crippen LogP contribution is 2.22. The second-order valence-corrected chi connectivity index (χ2v) is 5.42. The molecule has 0 unspecified atom stereocenters. The number of anilines is 2. The molecule has 0 aliphatic carbocycles. The zero-order valence-corrected chi connectivity index (χ0v) is 13.8. The number of halogens is 2. The lowest BCUT2D eigenvalue weighted by Crippen LogP contribution is -2.23. The highest BCUT2D eigenvalue weighted by molar-refractivity contribution is 6.35. The topological polar surface area (TPSA) is 58.1 Å². The predicted molar refractivity (Wildman–Crippen MR) is 90.0 cm³/mol. The highest BCUT2D eigenvalue weighted by Gasteiger charge is 2.11. The molecule has 0 saturated heterocycles. The first-order valence-corrected chi connectivity index (χ1v) is 7.63. The number of aromatic nitrogens is 2. The quantitative estimate of drug-likeness (QED) is 0.898. The molecule has 0 fully saturated rings. The van der Waals surface area contributed by atoms with Crippen LogP contribution in [0.5, 0.6) is 0 Å². The van der Waals surface area contributed by atoms with E-state index in [0.717, 1.165) is 18.9 Å². The normalized spacial score (nSPS) is 10.4. The molecule has 0 saturated carbocycles. The maximum absolute atomic E-state index is 12.1. The number of carbonyl (C=O) groups is 1. The maximum atomic E-state index is 12.1. The van der Waals surface area contributed by atoms with Gasteiger partial charge in [-0.3, -0.25) is 4.79 Å². The number of hydrogen-bond acceptors (Lipinski definition) is 4. The second kappa shape index (κ2) is 7.42. The molecular formula is C15H16Cl2N4O. The zero-order valence-electron chi connectivity index (χ0n) is 12.3. The summed E-state index contributed by atoms with van der Waals surface area (Å²) in [4.78, 5) is 22.6. The van der Waals surface area contributed by atoms with Gasteiger partial charge in [-0.2, -0.15) is 0 Å². The Labute approximate surface area is 139 Å². The second-order valence-electron chi connectivity index (χ2n) is 4.54. The Balaban J connectivity index is 2.12. The number of nitrogens with one attached hydrogen (secondary N) is 1. The van der Waals surface area contributed by atoms with Gasteiger partial charge in [0.2, 0.25) is 0 Å². The summed E-state index contributed by atoms with van der Waals surface area (Å²) in [6.07, 6.45) is 3.04. The van der Waals surface area contributed by atoms with E-state index in [4.69, 9.17) is 23.2 Å². The van der Waals surface area contributed by atoms with Crippen LogP contribution in [0.2, 0.25) is 10.0 Å². The fourth-order valence-corrected chi connectivity index (χ4v) is 2.50. The highest BCUT2D eigenvalue weighted by atomic mass is 35.5. The number of nitrogens with zero attached hydrogens (tertiary/aromatic N) is 3. The van der Waals surface area contributed by atoms with Crippen molar-refractivity contribution in [1.29, 1.82) is 0 Å². The molecule has 7 heteroatoms. The van der Waals surface area contributed by atoms with Gasteiger partial charge >= 0.3 is 0 Å². The van der Waals surface area contributed by atoms with E-state index < -0.39 is 0 Å². The van der Waals surface area contributed by atoms with Crippen molar-refractivity contribution in [3.63, 3.8) is 0 Å². The first kappa shape index (κ1) is 16.5. The lowest BCUT2D eigenvalue weighted by molar-refractivity contribution is 0.102. The third kappa shape index (κ3) is 4.08. The molecule has 0 spiro atoms. The van der Waals surface area contributed by atoms with Crippen molar-refractivity contribution in [1.82, 2.24) is 9.97 Å². The van der Waals surface area contributed by atoms with Crippen LogP contribution in [-0.4, -0.2) is 29.0 Å². The Bertz CT molecular complexity index is 637. The first-order valence-electron chi connectivity index (χ1n) is 6.88. The van der Waals surface area contributed by atoms with Gasteiger partial charge in [-0.25, -0.2) is 9.97 Å². The van der Waals surface area contributed by atoms with Gasteiger partial charge < -0.3 is 10.2 Å². The van der Waals surface area contributed by atoms with Gasteiger partial charge in [-0.05, 0) is 32.0 Å². The molecule has 0 aliphatic heterocycles. The fourth-order valence-electron chi connectivity index (χ4n) is 1.97. The number of amides is 1. The van der Waals surface area contributed by atoms with E-state index in [1.165, 1.54) is 6.20 Å². The number of hydrogen-bond donors (Lipinski definition) is 1. The Morgan fingerprint density at radius 3 is 2.23 bits per heavy atom. The molecule has 1 heterocycles. The lowest BCUT2D eigenvalue weighted by Gasteiger charge is -2.18. The Morgan fingerprint density at radius 2 is 1.73 bits per heavy atom. The number of rotatable bonds is 5. The van der Waals surface area contributed by atoms with Crippen LogP contribution in [0.1, 0.15) is 24.3 Å². The van der Waals surface area contributed by atoms with E-state index in [9.17, 15) is 4.79 Å². The molecule has 1 N–H and O–H groups in total. The molecule has 1 amide bonds. The maximum Gasteiger partial charge on any atom is 0.275 e. The van der Waals surface area contributed by atoms with E-state index in [1.54, 1.807) is 24.4 Å². The summed E-state index contributed by atoms with van der Waals surface area (Å²) in [5.74, 6) is 0.379. The van der Waals surface area contributed by atoms with Gasteiger partial charge in [0.25, 0.3) is 5.91 Å². The smallest absolute Gasteiger partial charge is 0.275 e. The SMILES string of the molecule is CCN(CC)c1cnc(C(=O)Nc2cc(Cl)cc(Cl)c2)cn1. The summed E-state index contributed by atoms with van der Waals surface area (Å²) >= 11 is 11.8. The molecule has 0 bridgehead atoms. The van der Waals surface area contributed by atoms with E-state index in [0.29, 0.717) is 15.7 Å². The van der Waals surface area contributed by atoms with Crippen LogP contribution < -0.4 is 10.2 Å². The molecule has 0 radical (unpaired) electrons. The van der Waals surface area contributed by atoms with Crippen LogP contribution in [0.25, 0.3) is 0 Å². The van der Waals surface area contributed by atoms with Crippen molar-refractivity contribution in [3.05, 3.63) is 46.3 Å². The largest absolute Gasteiger partial charge is 0.356 e. The Hall–Kier alpha value is -1.85. The van der Waals surface area contributed by atoms with E-state index in [1.807, 2.05) is 18.7 Å². The van der Waals surface area contributed by atoms with Gasteiger partial charge in [0.05, 0.1) is 12.4 Å². The van der Waals surface area contributed by atoms with Gasteiger partial charge in [0.1, 0.15) is 11.5 Å². The summed E-state index contributed by atoms with van der Waals surface area (Å²) < 4.78 is 0. The van der Waals surface area contributed by atoms with E-state index in [2.05, 4.69) is 15.3 Å². The average Bonchev–Trinajstić information content (AvgIpc) is 2.48. The van der Waals surface area contributed by atoms with Crippen molar-refractivity contribution >= 4 is 40.6 Å². The van der Waals surface area contributed by atoms with Crippen LogP contribution in [-0.2, 0) is 0 Å². The molecule has 2 aromatic rings. The molecule has 0 aliphatic rings.